The number of hydrogen-bond acceptors (Lipinski definition) is 11. The molecule has 0 radical (unpaired) electrons. The highest BCUT2D eigenvalue weighted by molar-refractivity contribution is 7.47. The molecular weight excluding hydrogens is 639 g/mol. The van der Waals surface area contributed by atoms with Gasteiger partial charge in [-0.2, -0.15) is 5.10 Å². The first-order valence-corrected chi connectivity index (χ1v) is 19.5. The fourth-order valence-corrected chi connectivity index (χ4v) is 6.95. The van der Waals surface area contributed by atoms with Crippen LogP contribution in [0.25, 0.3) is 5.52 Å². The number of unbranched alkanes of at least 4 members (excludes halogenated alkanes) is 15. The molecule has 0 aliphatic carbocycles. The van der Waals surface area contributed by atoms with Crippen LogP contribution in [0.2, 0.25) is 0 Å². The first-order chi connectivity index (χ1) is 23.1. The summed E-state index contributed by atoms with van der Waals surface area (Å²) in [6.45, 7) is 3.91. The summed E-state index contributed by atoms with van der Waals surface area (Å²) in [6.07, 6.45) is 17.7. The van der Waals surface area contributed by atoms with Crippen molar-refractivity contribution in [1.82, 2.24) is 14.6 Å². The van der Waals surface area contributed by atoms with Gasteiger partial charge in [0.15, 0.2) is 5.82 Å². The van der Waals surface area contributed by atoms with Gasteiger partial charge in [-0.3, -0.25) is 9.05 Å². The Morgan fingerprint density at radius 2 is 1.52 bits per heavy atom. The monoisotopic (exact) mass is 700 g/mol. The van der Waals surface area contributed by atoms with Crippen molar-refractivity contribution in [3.63, 3.8) is 0 Å². The highest BCUT2D eigenvalue weighted by Gasteiger charge is 2.54. The lowest BCUT2D eigenvalue weighted by atomic mass is 9.93. The molecule has 0 bridgehead atoms. The van der Waals surface area contributed by atoms with E-state index in [9.17, 15) is 19.7 Å². The van der Waals surface area contributed by atoms with Crippen LogP contribution >= 0.6 is 7.82 Å². The molecule has 276 valence electrons. The number of phosphoric acid groups is 1. The summed E-state index contributed by atoms with van der Waals surface area (Å²) >= 11 is 0. The van der Waals surface area contributed by atoms with Gasteiger partial charge in [0.25, 0.3) is 0 Å². The second kappa shape index (κ2) is 21.5. The maximum absolute atomic E-state index is 12.6. The summed E-state index contributed by atoms with van der Waals surface area (Å²) in [7, 11) is -3.06. The number of nitrogens with zero attached hydrogens (tertiary/aromatic N) is 3. The molecule has 1 aliphatic rings. The number of aliphatic hydroxyl groups is 2. The van der Waals surface area contributed by atoms with Gasteiger partial charge >= 0.3 is 7.82 Å². The maximum Gasteiger partial charge on any atom is 0.472 e. The van der Waals surface area contributed by atoms with E-state index < -0.39 is 44.4 Å². The number of aliphatic hydroxyl groups excluding tert-OH is 2. The van der Waals surface area contributed by atoms with Crippen LogP contribution in [0.4, 0.5) is 5.82 Å². The predicted octanol–water partition coefficient (Wildman–Crippen LogP) is 6.07. The van der Waals surface area contributed by atoms with Gasteiger partial charge in [-0.05, 0) is 25.5 Å². The summed E-state index contributed by atoms with van der Waals surface area (Å²) in [4.78, 5) is 14.2. The van der Waals surface area contributed by atoms with Gasteiger partial charge in [-0.15, -0.1) is 0 Å². The Bertz CT molecular complexity index is 1220. The molecule has 0 aromatic carbocycles. The quantitative estimate of drug-likeness (QED) is 0.0625. The molecule has 3 heterocycles. The molecule has 2 aromatic rings. The predicted molar refractivity (Wildman–Crippen MR) is 185 cm³/mol. The largest absolute Gasteiger partial charge is 0.472 e. The molecule has 1 unspecified atom stereocenters. The molecule has 14 heteroatoms. The summed E-state index contributed by atoms with van der Waals surface area (Å²) in [5.41, 5.74) is 5.43. The normalized spacial score (nSPS) is 23.2. The van der Waals surface area contributed by atoms with Crippen molar-refractivity contribution in [2.75, 3.05) is 39.3 Å². The molecule has 48 heavy (non-hydrogen) atoms. The Kier molecular flexibility index (Phi) is 18.3. The van der Waals surface area contributed by atoms with Crippen LogP contribution in [0.15, 0.2) is 18.5 Å². The Balaban J connectivity index is 1.23. The Hall–Kier alpha value is -1.67. The van der Waals surface area contributed by atoms with E-state index in [4.69, 9.17) is 29.0 Å². The molecule has 13 nitrogen and oxygen atoms in total. The van der Waals surface area contributed by atoms with Gasteiger partial charge in [-0.25, -0.2) is 14.1 Å². The van der Waals surface area contributed by atoms with E-state index in [0.717, 1.165) is 12.8 Å². The van der Waals surface area contributed by atoms with Crippen LogP contribution in [0.1, 0.15) is 122 Å². The molecular formula is C34H61N4O9P. The number of aromatic nitrogens is 3. The molecule has 0 spiro atoms. The summed E-state index contributed by atoms with van der Waals surface area (Å²) in [5, 5.41) is 25.7. The zero-order valence-corrected chi connectivity index (χ0v) is 30.2. The van der Waals surface area contributed by atoms with Crippen LogP contribution < -0.4 is 5.73 Å². The number of phosphoric ester groups is 1. The van der Waals surface area contributed by atoms with E-state index in [0.29, 0.717) is 17.8 Å². The van der Waals surface area contributed by atoms with Crippen LogP contribution in [0.5, 0.6) is 0 Å². The Labute approximate surface area is 286 Å². The molecule has 1 fully saturated rings. The van der Waals surface area contributed by atoms with E-state index in [1.807, 2.05) is 0 Å². The van der Waals surface area contributed by atoms with Gasteiger partial charge in [0.05, 0.1) is 25.5 Å². The molecule has 6 atom stereocenters. The van der Waals surface area contributed by atoms with E-state index in [2.05, 4.69) is 17.0 Å². The van der Waals surface area contributed by atoms with Gasteiger partial charge in [-0.1, -0.05) is 103 Å². The number of fused-ring (bicyclic) bond motifs is 1. The molecule has 1 aliphatic heterocycles. The van der Waals surface area contributed by atoms with Crippen molar-refractivity contribution in [2.24, 2.45) is 0 Å². The van der Waals surface area contributed by atoms with E-state index >= 15 is 0 Å². The summed E-state index contributed by atoms with van der Waals surface area (Å²) in [5.74, 6) is 0.242. The summed E-state index contributed by atoms with van der Waals surface area (Å²) in [6, 6.07) is 3.34. The maximum atomic E-state index is 12.6. The minimum absolute atomic E-state index is 0.212. The smallest absolute Gasteiger partial charge is 0.387 e. The zero-order chi connectivity index (χ0) is 34.8. The molecule has 2 aromatic heterocycles. The lowest BCUT2D eigenvalue weighted by molar-refractivity contribution is -0.0895. The van der Waals surface area contributed by atoms with Crippen LogP contribution in [-0.4, -0.2) is 87.7 Å². The number of ether oxygens (including phenoxy) is 3. The molecule has 1 saturated heterocycles. The average molecular weight is 701 g/mol. The van der Waals surface area contributed by atoms with Crippen LogP contribution in [-0.2, 0) is 33.4 Å². The lowest BCUT2D eigenvalue weighted by Gasteiger charge is -2.27. The van der Waals surface area contributed by atoms with Gasteiger partial charge in [0.2, 0.25) is 0 Å². The van der Waals surface area contributed by atoms with Gasteiger partial charge in [0.1, 0.15) is 41.9 Å². The first-order valence-electron chi connectivity index (χ1n) is 18.0. The second-order valence-corrected chi connectivity index (χ2v) is 14.6. The SMILES string of the molecule is CCCCCCCCCCCCCCCCCCOC[C@H](COP(=O)(O)OC[C@H]1O[C@@](C)(c2ccc3c(N)ncnn23)[C@H](O)[C@@H]1O)OC. The molecule has 0 saturated carbocycles. The highest BCUT2D eigenvalue weighted by atomic mass is 31.2. The number of rotatable bonds is 27. The van der Waals surface area contributed by atoms with E-state index in [1.54, 1.807) is 19.1 Å². The standard InChI is InChI=1S/C34H61N4O9P/c1-4-5-6-7-8-9-10-11-12-13-14-15-16-17-18-19-22-44-23-27(43-3)24-45-48(41,42)46-25-29-31(39)32(40)34(2,47-29)30-21-20-28-33(35)36-26-37-38(28)30/h20-21,26-27,29,31-32,39-40H,4-19,22-25H2,1-3H3,(H,41,42)(H2,35,36,37)/t27-,29-,31-,32-,34+/m1/s1. The van der Waals surface area contributed by atoms with E-state index in [-0.39, 0.29) is 19.0 Å². The number of hydrogen-bond donors (Lipinski definition) is 4. The fourth-order valence-electron chi connectivity index (χ4n) is 6.19. The number of methoxy groups -OCH3 is 1. The topological polar surface area (TPSA) is 180 Å². The van der Waals surface area contributed by atoms with Gasteiger partial charge in [0, 0.05) is 13.7 Å². The van der Waals surface area contributed by atoms with Crippen LogP contribution in [0, 0.1) is 0 Å². The lowest BCUT2D eigenvalue weighted by Crippen LogP contribution is -2.39. The average Bonchev–Trinajstić information content (AvgIpc) is 3.61. The molecule has 3 rings (SSSR count). The molecule has 5 N–H and O–H groups in total. The third-order valence-electron chi connectivity index (χ3n) is 9.26. The first kappa shape index (κ1) is 40.8. The van der Waals surface area contributed by atoms with Crippen molar-refractivity contribution in [3.05, 3.63) is 24.2 Å². The van der Waals surface area contributed by atoms with E-state index in [1.165, 1.54) is 108 Å². The fraction of sp³-hybridized carbons (Fsp3) is 0.824. The molecule has 0 amide bonds. The second-order valence-electron chi connectivity index (χ2n) is 13.2. The number of nitrogen functional groups attached to an aromatic ring is 1. The van der Waals surface area contributed by atoms with Crippen molar-refractivity contribution >= 4 is 19.2 Å². The minimum Gasteiger partial charge on any atom is -0.387 e. The van der Waals surface area contributed by atoms with Crippen molar-refractivity contribution in [1.29, 1.82) is 0 Å². The van der Waals surface area contributed by atoms with Crippen molar-refractivity contribution < 1.29 is 42.9 Å². The highest BCUT2D eigenvalue weighted by Crippen LogP contribution is 2.46. The van der Waals surface area contributed by atoms with Gasteiger partial charge < -0.3 is 35.1 Å². The number of nitrogens with two attached hydrogens (primary N) is 1. The Morgan fingerprint density at radius 3 is 2.10 bits per heavy atom. The minimum atomic E-state index is -4.53. The Morgan fingerprint density at radius 1 is 0.938 bits per heavy atom. The van der Waals surface area contributed by atoms with Crippen molar-refractivity contribution in [3.8, 4) is 0 Å². The number of anilines is 1. The van der Waals surface area contributed by atoms with Crippen molar-refractivity contribution in [2.45, 2.75) is 147 Å². The zero-order valence-electron chi connectivity index (χ0n) is 29.3. The van der Waals surface area contributed by atoms with Crippen LogP contribution in [0.3, 0.4) is 0 Å². The summed E-state index contributed by atoms with van der Waals surface area (Å²) < 4.78 is 41.4. The third kappa shape index (κ3) is 12.9. The third-order valence-corrected chi connectivity index (χ3v) is 10.2.